The molecule has 14 heterocycles. The molecule has 3 saturated heterocycles. The van der Waals surface area contributed by atoms with Gasteiger partial charge in [-0.2, -0.15) is 5.26 Å². The number of aromatic nitrogens is 14. The summed E-state index contributed by atoms with van der Waals surface area (Å²) in [6.45, 7) is 14.0. The summed E-state index contributed by atoms with van der Waals surface area (Å²) in [5.74, 6) is 3.59. The first kappa shape index (κ1) is 56.4. The van der Waals surface area contributed by atoms with Crippen LogP contribution >= 0.6 is 34.0 Å². The van der Waals surface area contributed by atoms with Crippen LogP contribution in [0, 0.1) is 74.3 Å². The van der Waals surface area contributed by atoms with Crippen LogP contribution in [0.15, 0.2) is 73.8 Å². The van der Waals surface area contributed by atoms with E-state index in [2.05, 4.69) is 80.8 Å². The summed E-state index contributed by atoms with van der Waals surface area (Å²) in [5, 5.41) is 23.1. The number of pyridine rings is 2. The highest BCUT2D eigenvalue weighted by atomic mass is 32.1. The van der Waals surface area contributed by atoms with Crippen LogP contribution in [0.1, 0.15) is 77.8 Å². The van der Waals surface area contributed by atoms with Crippen LogP contribution in [0.4, 0.5) is 19.0 Å². The van der Waals surface area contributed by atoms with Crippen LogP contribution in [0.3, 0.4) is 0 Å². The summed E-state index contributed by atoms with van der Waals surface area (Å²) in [5.41, 5.74) is 10.8. The fourth-order valence-electron chi connectivity index (χ4n) is 14.2. The van der Waals surface area contributed by atoms with Crippen LogP contribution in [-0.4, -0.2) is 133 Å². The Morgan fingerprint density at radius 3 is 1.64 bits per heavy atom. The van der Waals surface area contributed by atoms with Crippen LogP contribution in [0.5, 0.6) is 0 Å². The first-order valence-corrected chi connectivity index (χ1v) is 32.5. The number of rotatable bonds is 8. The van der Waals surface area contributed by atoms with E-state index in [4.69, 9.17) is 19.9 Å². The third kappa shape index (κ3) is 10.4. The van der Waals surface area contributed by atoms with Crippen molar-refractivity contribution >= 4 is 92.1 Å². The number of hydrogen-bond acceptors (Lipinski definition) is 20. The number of hydrogen-bond donors (Lipinski definition) is 3. The van der Waals surface area contributed by atoms with Gasteiger partial charge in [0.25, 0.3) is 0 Å². The molecule has 2 saturated carbocycles. The van der Waals surface area contributed by atoms with Crippen molar-refractivity contribution in [1.29, 1.82) is 5.26 Å². The monoisotopic (exact) mass is 1230 g/mol. The third-order valence-corrected chi connectivity index (χ3v) is 21.5. The maximum Gasteiger partial charge on any atom is 0.188 e. The van der Waals surface area contributed by atoms with Crippen molar-refractivity contribution < 1.29 is 8.78 Å². The van der Waals surface area contributed by atoms with E-state index in [1.165, 1.54) is 31.7 Å². The van der Waals surface area contributed by atoms with Crippen molar-refractivity contribution in [3.8, 4) is 40.1 Å². The summed E-state index contributed by atoms with van der Waals surface area (Å²) in [6, 6.07) is 10.1. The van der Waals surface area contributed by atoms with Crippen molar-refractivity contribution in [2.24, 2.45) is 23.7 Å². The summed E-state index contributed by atoms with van der Waals surface area (Å²) >= 11 is 4.81. The van der Waals surface area contributed by atoms with E-state index >= 15 is 0 Å². The predicted octanol–water partition coefficient (Wildman–Crippen LogP) is 10.5. The van der Waals surface area contributed by atoms with Crippen LogP contribution in [-0.2, 0) is 0 Å². The topological polar surface area (TPSA) is 221 Å². The van der Waals surface area contributed by atoms with Crippen LogP contribution < -0.4 is 25.8 Å². The van der Waals surface area contributed by atoms with Gasteiger partial charge in [0.1, 0.15) is 32.3 Å². The Kier molecular flexibility index (Phi) is 14.6. The van der Waals surface area contributed by atoms with Gasteiger partial charge in [0, 0.05) is 86.0 Å². The Morgan fingerprint density at radius 2 is 1.06 bits per heavy atom. The standard InChI is InChI=1S/C22H22N8S.C21H22FN7S.C20H20FN5S/c1-12-10-30-11-16(5-15(6-23)20(30)26-12)19-25-9-17-21(28-19)31-22(27-17)29(2)18-13-3-4-14(18)8-24-7-13;1-11-9-29-10-14(5-15(22)19(29)25-11)18-24-8-16-20(27-18)30-21(26-16)28(2)17-12-3-4-13(17)7-23-6-12;1-11-9-26-10-16(24-19(26)12(2)23-11)14-7-15(21)18-17(8-14)27-20(25-18)13-3-5-22-6-4-13/h5,9-11,13-14,18,24H,3-4,7-8H2,1-2H3;5,8-10,12-13,17,23H,3-4,6-7H2,1-2H3;7-10,13,22H,3-6H2,1-2H3. The van der Waals surface area contributed by atoms with Gasteiger partial charge in [-0.15, -0.1) is 11.3 Å². The minimum Gasteiger partial charge on any atom is -0.347 e. The maximum atomic E-state index is 14.8. The van der Waals surface area contributed by atoms with Gasteiger partial charge in [-0.25, -0.2) is 58.6 Å². The van der Waals surface area contributed by atoms with Crippen molar-refractivity contribution in [3.63, 3.8) is 0 Å². The Morgan fingerprint density at radius 1 is 0.534 bits per heavy atom. The van der Waals surface area contributed by atoms with Gasteiger partial charge < -0.3 is 39.0 Å². The second kappa shape index (κ2) is 22.8. The number of imidazole rings is 3. The zero-order valence-electron chi connectivity index (χ0n) is 49.5. The number of thiazole rings is 3. The first-order chi connectivity index (χ1) is 42.7. The Bertz CT molecular complexity index is 4670. The minimum atomic E-state index is -0.379. The van der Waals surface area contributed by atoms with E-state index in [-0.39, 0.29) is 11.6 Å². The largest absolute Gasteiger partial charge is 0.347 e. The van der Waals surface area contributed by atoms with Crippen molar-refractivity contribution in [1.82, 2.24) is 84.0 Å². The van der Waals surface area contributed by atoms with Gasteiger partial charge in [0.2, 0.25) is 0 Å². The van der Waals surface area contributed by atoms with E-state index in [1.54, 1.807) is 63.1 Å². The summed E-state index contributed by atoms with van der Waals surface area (Å²) < 4.78 is 35.7. The third-order valence-electron chi connectivity index (χ3n) is 18.3. The number of aryl methyl sites for hydroxylation is 4. The molecule has 3 aliphatic heterocycles. The molecule has 0 spiro atoms. The van der Waals surface area contributed by atoms with Gasteiger partial charge in [0.05, 0.1) is 56.1 Å². The zero-order chi connectivity index (χ0) is 60.1. The van der Waals surface area contributed by atoms with Crippen LogP contribution in [0.2, 0.25) is 0 Å². The van der Waals surface area contributed by atoms with E-state index in [0.717, 1.165) is 138 Å². The number of fused-ring (bicyclic) bond motifs is 10. The molecule has 3 N–H and O–H groups in total. The summed E-state index contributed by atoms with van der Waals surface area (Å²) in [4.78, 5) is 57.0. The molecule has 20 nitrogen and oxygen atoms in total. The quantitative estimate of drug-likeness (QED) is 0.129. The van der Waals surface area contributed by atoms with Gasteiger partial charge in [0.15, 0.2) is 50.5 Å². The number of piperidine rings is 3. The average molecular weight is 1240 g/mol. The molecule has 4 atom stereocenters. The van der Waals surface area contributed by atoms with Crippen molar-refractivity contribution in [2.45, 2.75) is 84.2 Å². The molecule has 17 rings (SSSR count). The van der Waals surface area contributed by atoms with E-state index in [1.807, 2.05) is 79.6 Å². The predicted molar refractivity (Wildman–Crippen MR) is 341 cm³/mol. The van der Waals surface area contributed by atoms with E-state index in [9.17, 15) is 14.0 Å². The molecule has 2 aliphatic carbocycles. The minimum absolute atomic E-state index is 0.276. The molecule has 5 fully saturated rings. The maximum absolute atomic E-state index is 14.8. The molecule has 5 aliphatic rings. The molecular formula is C63H64F2N20S3. The van der Waals surface area contributed by atoms with E-state index in [0.29, 0.717) is 81.3 Å². The summed E-state index contributed by atoms with van der Waals surface area (Å²) in [6.07, 6.45) is 22.1. The van der Waals surface area contributed by atoms with Crippen molar-refractivity contribution in [3.05, 3.63) is 119 Å². The van der Waals surface area contributed by atoms with Crippen molar-refractivity contribution in [2.75, 3.05) is 63.2 Å². The fourth-order valence-corrected chi connectivity index (χ4v) is 17.2. The second-order valence-corrected chi connectivity index (χ2v) is 27.2. The highest BCUT2D eigenvalue weighted by molar-refractivity contribution is 7.22. The molecular weight excluding hydrogens is 1170 g/mol. The summed E-state index contributed by atoms with van der Waals surface area (Å²) in [7, 11) is 4.32. The molecule has 11 aromatic heterocycles. The van der Waals surface area contributed by atoms with Gasteiger partial charge in [-0.05, 0) is 153 Å². The number of nitrogens with one attached hydrogen (secondary N) is 3. The van der Waals surface area contributed by atoms with Gasteiger partial charge >= 0.3 is 0 Å². The lowest BCUT2D eigenvalue weighted by Crippen LogP contribution is -2.50. The lowest BCUT2D eigenvalue weighted by Gasteiger charge is -2.37. The van der Waals surface area contributed by atoms with Crippen LogP contribution in [0.25, 0.3) is 81.9 Å². The molecule has 0 radical (unpaired) electrons. The number of nitriles is 1. The molecule has 0 amide bonds. The highest BCUT2D eigenvalue weighted by Gasteiger charge is 2.43. The average Bonchev–Trinajstić information content (AvgIpc) is 2.83. The smallest absolute Gasteiger partial charge is 0.188 e. The molecule has 4 unspecified atom stereocenters. The number of nitrogens with zero attached hydrogens (tertiary/aromatic N) is 17. The molecule has 448 valence electrons. The second-order valence-electron chi connectivity index (χ2n) is 24.2. The highest BCUT2D eigenvalue weighted by Crippen LogP contribution is 2.43. The molecule has 25 heteroatoms. The lowest BCUT2D eigenvalue weighted by atomic mass is 9.93. The van der Waals surface area contributed by atoms with E-state index < -0.39 is 0 Å². The first-order valence-electron chi connectivity index (χ1n) is 30.1. The Balaban J connectivity index is 0.000000111. The van der Waals surface area contributed by atoms with Gasteiger partial charge in [-0.1, -0.05) is 22.7 Å². The molecule has 88 heavy (non-hydrogen) atoms. The number of benzene rings is 1. The fraction of sp³-hybridized carbons (Fsp3) is 0.397. The Labute approximate surface area is 517 Å². The molecule has 1 aromatic carbocycles. The number of halogens is 2. The molecule has 4 bridgehead atoms. The normalized spacial score (nSPS) is 20.9. The lowest BCUT2D eigenvalue weighted by molar-refractivity contribution is 0.314. The Hall–Kier alpha value is -8.12. The zero-order valence-corrected chi connectivity index (χ0v) is 52.0. The molecule has 12 aromatic rings. The SMILES string of the molecule is Cc1cn2cc(-c3cc(F)c4nc(C5CCNCC5)sc4c3)nc2c(C)n1.Cc1cn2cc(-c3ncc4nc(N(C)C5C6CCC5CNC6)sc4n3)cc(C#N)c2n1.Cc1cn2cc(-c3ncc4nc(N(C)C5C6CCC5CNC6)sc4n3)cc(F)c2n1. The number of anilines is 2. The van der Waals surface area contributed by atoms with Gasteiger partial charge in [-0.3, -0.25) is 4.98 Å².